The summed E-state index contributed by atoms with van der Waals surface area (Å²) in [5.74, 6) is -0.858. The second kappa shape index (κ2) is 9.01. The number of thiazole rings is 1. The molecule has 1 aliphatic rings. The molecule has 0 atom stereocenters. The summed E-state index contributed by atoms with van der Waals surface area (Å²) in [5.41, 5.74) is 0.873. The maximum atomic E-state index is 12.7. The number of carbonyl (C=O) groups is 2. The Balaban J connectivity index is 0.00000256. The van der Waals surface area contributed by atoms with Crippen LogP contribution in [-0.2, 0) is 10.0 Å². The van der Waals surface area contributed by atoms with Crippen LogP contribution in [0.15, 0.2) is 75.7 Å². The molecule has 0 unspecified atom stereocenters. The van der Waals surface area contributed by atoms with E-state index in [1.165, 1.54) is 30.5 Å². The zero-order chi connectivity index (χ0) is 20.6. The van der Waals surface area contributed by atoms with E-state index in [1.54, 1.807) is 29.6 Å². The minimum atomic E-state index is -3.79. The molecule has 2 aromatic carbocycles. The molecule has 2 N–H and O–H groups in total. The monoisotopic (exact) mass is 468 g/mol. The first-order chi connectivity index (χ1) is 13.9. The summed E-state index contributed by atoms with van der Waals surface area (Å²) in [6, 6.07) is 12.1. The minimum absolute atomic E-state index is 0. The van der Waals surface area contributed by atoms with Crippen LogP contribution < -0.4 is 39.6 Å². The molecule has 11 heteroatoms. The van der Waals surface area contributed by atoms with Crippen molar-refractivity contribution < 1.29 is 47.6 Å². The van der Waals surface area contributed by atoms with Gasteiger partial charge in [0.05, 0.1) is 4.90 Å². The number of benzene rings is 2. The quantitative estimate of drug-likeness (QED) is 0.539. The van der Waals surface area contributed by atoms with Gasteiger partial charge in [0.25, 0.3) is 10.0 Å². The molecule has 146 valence electrons. The molecular weight excluding hydrogens is 457 g/mol. The van der Waals surface area contributed by atoms with Crippen molar-refractivity contribution in [3.05, 3.63) is 82.0 Å². The van der Waals surface area contributed by atoms with E-state index >= 15 is 0 Å². The van der Waals surface area contributed by atoms with Crippen LogP contribution in [0.1, 0.15) is 20.7 Å². The summed E-state index contributed by atoms with van der Waals surface area (Å²) in [6.07, 6.45) is 1.49. The molecule has 0 saturated heterocycles. The molecule has 4 rings (SSSR count). The second-order valence-corrected chi connectivity index (χ2v) is 8.94. The standard InChI is InChI=1S/C19H12ClN3O4S2.Na/c20-15-16(18(25)14-4-2-1-3-13(14)17(15)24)22-11-5-7-12(8-6-11)29(26,27)23-19-21-9-10-28-19;/h1-10,22H,(H,21,23);/q;+1. The number of ketones is 2. The molecule has 7 nitrogen and oxygen atoms in total. The van der Waals surface area contributed by atoms with Crippen LogP contribution in [-0.4, -0.2) is 25.0 Å². The molecule has 0 spiro atoms. The Morgan fingerprint density at radius 2 is 1.57 bits per heavy atom. The topological polar surface area (TPSA) is 105 Å². The van der Waals surface area contributed by atoms with Gasteiger partial charge in [0.15, 0.2) is 5.13 Å². The molecule has 0 fully saturated rings. The number of hydrogen-bond donors (Lipinski definition) is 2. The number of Topliss-reactive ketones (excluding diaryl/α,β-unsaturated/α-hetero) is 2. The van der Waals surface area contributed by atoms with Gasteiger partial charge in [-0.3, -0.25) is 14.3 Å². The van der Waals surface area contributed by atoms with Gasteiger partial charge < -0.3 is 5.32 Å². The molecule has 0 bridgehead atoms. The fourth-order valence-corrected chi connectivity index (χ4v) is 4.79. The average Bonchev–Trinajstić information content (AvgIpc) is 3.22. The number of anilines is 2. The number of rotatable bonds is 5. The third-order valence-electron chi connectivity index (χ3n) is 4.15. The number of hydrogen-bond acceptors (Lipinski definition) is 7. The van der Waals surface area contributed by atoms with Crippen molar-refractivity contribution >= 4 is 55.3 Å². The van der Waals surface area contributed by atoms with Crippen molar-refractivity contribution in [3.8, 4) is 0 Å². The third-order valence-corrected chi connectivity index (χ3v) is 6.68. The van der Waals surface area contributed by atoms with Gasteiger partial charge >= 0.3 is 29.6 Å². The first kappa shape index (κ1) is 22.7. The van der Waals surface area contributed by atoms with Gasteiger partial charge in [0.2, 0.25) is 11.6 Å². The second-order valence-electron chi connectivity index (χ2n) is 5.98. The van der Waals surface area contributed by atoms with Gasteiger partial charge in [0.1, 0.15) is 10.7 Å². The fraction of sp³-hybridized carbons (Fsp3) is 0. The molecule has 1 aliphatic carbocycles. The van der Waals surface area contributed by atoms with Gasteiger partial charge in [0, 0.05) is 28.4 Å². The van der Waals surface area contributed by atoms with E-state index in [0.717, 1.165) is 11.3 Å². The van der Waals surface area contributed by atoms with E-state index in [1.807, 2.05) is 0 Å². The van der Waals surface area contributed by atoms with Crippen LogP contribution >= 0.6 is 22.9 Å². The zero-order valence-electron chi connectivity index (χ0n) is 15.5. The van der Waals surface area contributed by atoms with Gasteiger partial charge in [-0.05, 0) is 24.3 Å². The van der Waals surface area contributed by atoms with Crippen molar-refractivity contribution in [2.75, 3.05) is 10.0 Å². The van der Waals surface area contributed by atoms with E-state index in [2.05, 4.69) is 15.0 Å². The summed E-state index contributed by atoms with van der Waals surface area (Å²) < 4.78 is 27.2. The molecule has 0 saturated carbocycles. The van der Waals surface area contributed by atoms with Crippen molar-refractivity contribution in [1.82, 2.24) is 4.98 Å². The van der Waals surface area contributed by atoms with E-state index in [4.69, 9.17) is 11.6 Å². The Morgan fingerprint density at radius 1 is 0.933 bits per heavy atom. The minimum Gasteiger partial charge on any atom is -0.351 e. The van der Waals surface area contributed by atoms with Crippen LogP contribution in [0.3, 0.4) is 0 Å². The van der Waals surface area contributed by atoms with Gasteiger partial charge in [-0.1, -0.05) is 35.9 Å². The first-order valence-corrected chi connectivity index (χ1v) is 11.0. The van der Waals surface area contributed by atoms with E-state index in [0.29, 0.717) is 5.69 Å². The van der Waals surface area contributed by atoms with E-state index in [-0.39, 0.29) is 61.4 Å². The Kier molecular flexibility index (Phi) is 6.81. The van der Waals surface area contributed by atoms with Gasteiger partial charge in [-0.2, -0.15) is 0 Å². The number of sulfonamides is 1. The predicted octanol–water partition coefficient (Wildman–Crippen LogP) is 0.889. The Hall–Kier alpha value is -2.01. The smallest absolute Gasteiger partial charge is 0.351 e. The van der Waals surface area contributed by atoms with Crippen molar-refractivity contribution in [2.24, 2.45) is 0 Å². The Labute approximate surface area is 203 Å². The molecule has 0 amide bonds. The van der Waals surface area contributed by atoms with Crippen molar-refractivity contribution in [3.63, 3.8) is 0 Å². The largest absolute Gasteiger partial charge is 1.00 e. The molecule has 0 aliphatic heterocycles. The summed E-state index contributed by atoms with van der Waals surface area (Å²) >= 11 is 7.29. The zero-order valence-corrected chi connectivity index (χ0v) is 19.9. The summed E-state index contributed by atoms with van der Waals surface area (Å²) in [6.45, 7) is 0. The van der Waals surface area contributed by atoms with Crippen molar-refractivity contribution in [2.45, 2.75) is 4.90 Å². The summed E-state index contributed by atoms with van der Waals surface area (Å²) in [4.78, 5) is 29.0. The normalized spacial score (nSPS) is 13.5. The van der Waals surface area contributed by atoms with Gasteiger partial charge in [-0.15, -0.1) is 11.3 Å². The first-order valence-electron chi connectivity index (χ1n) is 8.24. The third kappa shape index (κ3) is 4.36. The maximum Gasteiger partial charge on any atom is 1.00 e. The molecule has 1 aromatic heterocycles. The number of aromatic nitrogens is 1. The molecule has 1 heterocycles. The van der Waals surface area contributed by atoms with Gasteiger partial charge in [-0.25, -0.2) is 13.4 Å². The average molecular weight is 469 g/mol. The number of nitrogens with one attached hydrogen (secondary N) is 2. The van der Waals surface area contributed by atoms with Crippen LogP contribution in [0.4, 0.5) is 10.8 Å². The van der Waals surface area contributed by atoms with Crippen LogP contribution in [0.2, 0.25) is 0 Å². The molecule has 0 radical (unpaired) electrons. The Morgan fingerprint density at radius 3 is 2.17 bits per heavy atom. The van der Waals surface area contributed by atoms with Crippen molar-refractivity contribution in [1.29, 1.82) is 0 Å². The number of carbonyl (C=O) groups excluding carboxylic acids is 2. The van der Waals surface area contributed by atoms with Crippen LogP contribution in [0.25, 0.3) is 0 Å². The number of halogens is 1. The van der Waals surface area contributed by atoms with E-state index < -0.39 is 21.6 Å². The maximum absolute atomic E-state index is 12.7. The summed E-state index contributed by atoms with van der Waals surface area (Å²) in [5, 5.41) is 4.53. The van der Waals surface area contributed by atoms with E-state index in [9.17, 15) is 18.0 Å². The summed E-state index contributed by atoms with van der Waals surface area (Å²) in [7, 11) is -3.79. The molecular formula is C19H12ClN3NaO4S2+. The number of nitrogens with zero attached hydrogens (tertiary/aromatic N) is 1. The van der Waals surface area contributed by atoms with Crippen LogP contribution in [0, 0.1) is 0 Å². The number of fused-ring (bicyclic) bond motifs is 1. The Bertz CT molecular complexity index is 1260. The predicted molar refractivity (Wildman–Crippen MR) is 111 cm³/mol. The molecule has 30 heavy (non-hydrogen) atoms. The number of allylic oxidation sites excluding steroid dienone is 2. The fourth-order valence-electron chi connectivity index (χ4n) is 2.77. The SMILES string of the molecule is O=C1C(Cl)=C(Nc2ccc(S(=O)(=O)Nc3nccs3)cc2)C(=O)c2ccccc21.[Na+]. The molecule has 3 aromatic rings. The van der Waals surface area contributed by atoms with Crippen LogP contribution in [0.5, 0.6) is 0 Å².